The van der Waals surface area contributed by atoms with Crippen LogP contribution in [0.4, 0.5) is 0 Å². The van der Waals surface area contributed by atoms with Crippen LogP contribution >= 0.6 is 0 Å². The van der Waals surface area contributed by atoms with Crippen LogP contribution in [0.3, 0.4) is 0 Å². The summed E-state index contributed by atoms with van der Waals surface area (Å²) >= 11 is 0. The van der Waals surface area contributed by atoms with Gasteiger partial charge in [-0.2, -0.15) is 0 Å². The van der Waals surface area contributed by atoms with E-state index in [9.17, 15) is 0 Å². The number of amides is 1. The molecule has 8 heteroatoms. The standard InChI is InChI=1S/C10H15N.C8H12.C7H8.C2H5NO.CH3NO.CH5N.CH2O2/c11-9-5-4-8-10-6-2-1-3-7-10;1-4-7-8(5-2)6-3;1-7-5-3-2-4-6-7;3-1-2-4;2-1-3;1-2;2-1-3/h1-3,6-7H,4-5,8-9,11H2;4-5,7H,1-2,6H2,3H3;2-6H,1H3;2H,1,3H2;1H,(H2,2,3);2H2,1H3;1H,(H,2,3)/b;8-7+;;;;;. The third kappa shape index (κ3) is 49.3. The quantitative estimate of drug-likeness (QED) is 0.193. The Morgan fingerprint density at radius 1 is 0.895 bits per heavy atom. The number of allylic oxidation sites excluding steroid dienone is 4. The number of carbonyl (C=O) groups excluding carboxylic acids is 2. The van der Waals surface area contributed by atoms with Crippen LogP contribution in [-0.4, -0.2) is 44.4 Å². The number of aldehydes is 1. The zero-order chi connectivity index (χ0) is 30.3. The first-order valence-corrected chi connectivity index (χ1v) is 12.1. The molecule has 2 rings (SSSR count). The smallest absolute Gasteiger partial charge is 0.290 e. The number of rotatable bonds is 8. The molecular weight excluding hydrogens is 480 g/mol. The number of carbonyl (C=O) groups is 3. The molecule has 0 fully saturated rings. The van der Waals surface area contributed by atoms with Gasteiger partial charge in [0.2, 0.25) is 6.41 Å². The average molecular weight is 531 g/mol. The molecule has 0 aliphatic heterocycles. The molecule has 9 N–H and O–H groups in total. The Hall–Kier alpha value is -3.85. The average Bonchev–Trinajstić information content (AvgIpc) is 2.96. The van der Waals surface area contributed by atoms with Gasteiger partial charge in [0.05, 0.1) is 0 Å². The van der Waals surface area contributed by atoms with Crippen molar-refractivity contribution in [1.82, 2.24) is 0 Å². The van der Waals surface area contributed by atoms with E-state index in [0.717, 1.165) is 25.8 Å². The van der Waals surface area contributed by atoms with Gasteiger partial charge in [0, 0.05) is 6.54 Å². The van der Waals surface area contributed by atoms with Gasteiger partial charge >= 0.3 is 0 Å². The minimum Gasteiger partial charge on any atom is -0.483 e. The molecule has 0 bridgehead atoms. The summed E-state index contributed by atoms with van der Waals surface area (Å²) in [5.41, 5.74) is 22.7. The highest BCUT2D eigenvalue weighted by Crippen LogP contribution is 2.03. The summed E-state index contributed by atoms with van der Waals surface area (Å²) in [6, 6.07) is 20.8. The highest BCUT2D eigenvalue weighted by molar-refractivity contribution is 5.51. The molecule has 38 heavy (non-hydrogen) atoms. The second-order valence-corrected chi connectivity index (χ2v) is 6.56. The van der Waals surface area contributed by atoms with Crippen LogP contribution < -0.4 is 22.9 Å². The lowest BCUT2D eigenvalue weighted by Gasteiger charge is -1.98. The summed E-state index contributed by atoms with van der Waals surface area (Å²) in [6.45, 7) is 12.1. The molecule has 0 saturated carbocycles. The summed E-state index contributed by atoms with van der Waals surface area (Å²) in [5.74, 6) is 0. The normalized spacial score (nSPS) is 8.21. The SMILES string of the molecule is C=C/C=C(\C=C)CC.CN.Cc1ccccc1.NC=O.NCC=O.NCCCCc1ccccc1.O=CO. The van der Waals surface area contributed by atoms with Crippen LogP contribution in [0.2, 0.25) is 0 Å². The van der Waals surface area contributed by atoms with E-state index in [4.69, 9.17) is 25.2 Å². The molecule has 0 spiro atoms. The maximum Gasteiger partial charge on any atom is 0.290 e. The molecular formula is C30H50N4O4. The Kier molecular flexibility index (Phi) is 54.0. The third-order valence-electron chi connectivity index (χ3n) is 3.80. The molecule has 0 aromatic heterocycles. The molecule has 0 aliphatic rings. The van der Waals surface area contributed by atoms with Crippen molar-refractivity contribution in [2.24, 2.45) is 22.9 Å². The molecule has 8 nitrogen and oxygen atoms in total. The molecule has 0 unspecified atom stereocenters. The topological polar surface area (TPSA) is 176 Å². The van der Waals surface area contributed by atoms with Crippen molar-refractivity contribution < 1.29 is 19.5 Å². The van der Waals surface area contributed by atoms with Crippen molar-refractivity contribution in [2.45, 2.75) is 39.5 Å². The van der Waals surface area contributed by atoms with E-state index in [0.29, 0.717) is 6.29 Å². The number of aryl methyl sites for hydroxylation is 2. The van der Waals surface area contributed by atoms with Gasteiger partial charge in [0.15, 0.2) is 0 Å². The Labute approximate surface area is 230 Å². The predicted molar refractivity (Wildman–Crippen MR) is 163 cm³/mol. The third-order valence-corrected chi connectivity index (χ3v) is 3.80. The van der Waals surface area contributed by atoms with Crippen molar-refractivity contribution >= 4 is 19.2 Å². The molecule has 214 valence electrons. The van der Waals surface area contributed by atoms with Gasteiger partial charge in [-0.25, -0.2) is 0 Å². The lowest BCUT2D eigenvalue weighted by molar-refractivity contribution is -0.123. The highest BCUT2D eigenvalue weighted by Gasteiger charge is 1.89. The molecule has 0 radical (unpaired) electrons. The fraction of sp³-hybridized carbons (Fsp3) is 0.300. The summed E-state index contributed by atoms with van der Waals surface area (Å²) < 4.78 is 0. The summed E-state index contributed by atoms with van der Waals surface area (Å²) in [6.07, 6.45) is 11.0. The molecule has 1 amide bonds. The van der Waals surface area contributed by atoms with Crippen molar-refractivity contribution in [3.8, 4) is 0 Å². The lowest BCUT2D eigenvalue weighted by atomic mass is 10.1. The minimum atomic E-state index is -0.250. The Morgan fingerprint density at radius 3 is 1.55 bits per heavy atom. The molecule has 0 aliphatic carbocycles. The zero-order valence-corrected chi connectivity index (χ0v) is 23.4. The van der Waals surface area contributed by atoms with Gasteiger partial charge < -0.3 is 32.8 Å². The number of hydrogen-bond donors (Lipinski definition) is 5. The van der Waals surface area contributed by atoms with E-state index in [-0.39, 0.29) is 19.4 Å². The van der Waals surface area contributed by atoms with Crippen LogP contribution in [0.5, 0.6) is 0 Å². The number of primary amides is 1. The van der Waals surface area contributed by atoms with E-state index in [1.54, 1.807) is 6.08 Å². The Bertz CT molecular complexity index is 762. The largest absolute Gasteiger partial charge is 0.483 e. The van der Waals surface area contributed by atoms with E-state index >= 15 is 0 Å². The number of carboxylic acid groups (broad SMARTS) is 1. The molecule has 2 aromatic carbocycles. The zero-order valence-electron chi connectivity index (χ0n) is 23.4. The molecule has 0 heterocycles. The fourth-order valence-electron chi connectivity index (χ4n) is 2.13. The first kappa shape index (κ1) is 44.2. The number of unbranched alkanes of at least 4 members (excludes halogenated alkanes) is 1. The van der Waals surface area contributed by atoms with Crippen molar-refractivity contribution in [2.75, 3.05) is 20.1 Å². The van der Waals surface area contributed by atoms with Gasteiger partial charge in [0.25, 0.3) is 6.47 Å². The predicted octanol–water partition coefficient (Wildman–Crippen LogP) is 4.18. The summed E-state index contributed by atoms with van der Waals surface area (Å²) in [7, 11) is 1.50. The maximum absolute atomic E-state index is 9.05. The maximum atomic E-state index is 9.05. The Balaban J connectivity index is -0.000000121. The summed E-state index contributed by atoms with van der Waals surface area (Å²) in [5, 5.41) is 6.89. The summed E-state index contributed by atoms with van der Waals surface area (Å²) in [4.78, 5) is 26.0. The Morgan fingerprint density at radius 2 is 1.32 bits per heavy atom. The monoisotopic (exact) mass is 530 g/mol. The van der Waals surface area contributed by atoms with Crippen LogP contribution in [0, 0.1) is 6.92 Å². The second-order valence-electron chi connectivity index (χ2n) is 6.56. The molecule has 0 saturated heterocycles. The highest BCUT2D eigenvalue weighted by atomic mass is 16.3. The van der Waals surface area contributed by atoms with Crippen LogP contribution in [0.15, 0.2) is 97.6 Å². The van der Waals surface area contributed by atoms with Crippen molar-refractivity contribution in [1.29, 1.82) is 0 Å². The molecule has 2 aromatic rings. The first-order chi connectivity index (χ1) is 18.4. The van der Waals surface area contributed by atoms with Gasteiger partial charge in [-0.05, 0) is 57.3 Å². The van der Waals surface area contributed by atoms with Crippen LogP contribution in [0.1, 0.15) is 37.3 Å². The second kappa shape index (κ2) is 46.5. The van der Waals surface area contributed by atoms with Crippen molar-refractivity contribution in [3.05, 3.63) is 109 Å². The van der Waals surface area contributed by atoms with Gasteiger partial charge in [-0.15, -0.1) is 0 Å². The van der Waals surface area contributed by atoms with Gasteiger partial charge in [-0.1, -0.05) is 105 Å². The van der Waals surface area contributed by atoms with Gasteiger partial charge in [-0.3, -0.25) is 9.59 Å². The van der Waals surface area contributed by atoms with E-state index in [2.05, 4.69) is 80.6 Å². The van der Waals surface area contributed by atoms with Crippen LogP contribution in [-0.2, 0) is 20.8 Å². The van der Waals surface area contributed by atoms with Gasteiger partial charge in [0.1, 0.15) is 6.29 Å². The van der Waals surface area contributed by atoms with Crippen LogP contribution in [0.25, 0.3) is 0 Å². The van der Waals surface area contributed by atoms with E-state index in [1.165, 1.54) is 30.2 Å². The number of benzene rings is 2. The minimum absolute atomic E-state index is 0.139. The number of hydrogen-bond acceptors (Lipinski definition) is 6. The first-order valence-electron chi connectivity index (χ1n) is 12.1. The fourth-order valence-corrected chi connectivity index (χ4v) is 2.13. The lowest BCUT2D eigenvalue weighted by Crippen LogP contribution is -1.98. The molecule has 0 atom stereocenters. The van der Waals surface area contributed by atoms with E-state index in [1.807, 2.05) is 36.4 Å². The number of nitrogens with two attached hydrogens (primary N) is 4. The van der Waals surface area contributed by atoms with E-state index < -0.39 is 0 Å². The van der Waals surface area contributed by atoms with Crippen molar-refractivity contribution in [3.63, 3.8) is 0 Å².